The van der Waals surface area contributed by atoms with Gasteiger partial charge in [0.15, 0.2) is 0 Å². The van der Waals surface area contributed by atoms with Crippen molar-refractivity contribution in [3.8, 4) is 0 Å². The third kappa shape index (κ3) is 4.16. The molecule has 0 bridgehead atoms. The molecule has 0 radical (unpaired) electrons. The molecule has 20 heavy (non-hydrogen) atoms. The van der Waals surface area contributed by atoms with Crippen LogP contribution in [0.25, 0.3) is 0 Å². The van der Waals surface area contributed by atoms with Crippen LogP contribution in [0.3, 0.4) is 0 Å². The normalized spacial score (nSPS) is 20.0. The SMILES string of the molecule is NCC(c1ccccn1)N1CCN(CC(F)(F)F)CC1. The van der Waals surface area contributed by atoms with Crippen LogP contribution in [-0.4, -0.2) is 60.2 Å². The van der Waals surface area contributed by atoms with Crippen LogP contribution in [0.1, 0.15) is 11.7 Å². The van der Waals surface area contributed by atoms with Gasteiger partial charge in [-0.15, -0.1) is 0 Å². The summed E-state index contributed by atoms with van der Waals surface area (Å²) in [6.45, 7) is 1.54. The maximum Gasteiger partial charge on any atom is 0.401 e. The smallest absolute Gasteiger partial charge is 0.329 e. The van der Waals surface area contributed by atoms with E-state index >= 15 is 0 Å². The predicted molar refractivity (Wildman–Crippen MR) is 70.1 cm³/mol. The summed E-state index contributed by atoms with van der Waals surface area (Å²) in [5, 5.41) is 0. The van der Waals surface area contributed by atoms with E-state index in [0.29, 0.717) is 32.7 Å². The van der Waals surface area contributed by atoms with Gasteiger partial charge in [-0.25, -0.2) is 0 Å². The standard InChI is InChI=1S/C13H19F3N4/c14-13(15,16)10-19-5-7-20(8-6-19)12(9-17)11-3-1-2-4-18-11/h1-4,12H,5-10,17H2. The van der Waals surface area contributed by atoms with Gasteiger partial charge in [-0.2, -0.15) is 13.2 Å². The molecule has 0 aliphatic carbocycles. The zero-order chi connectivity index (χ0) is 14.6. The Morgan fingerprint density at radius 3 is 2.40 bits per heavy atom. The lowest BCUT2D eigenvalue weighted by molar-refractivity contribution is -0.149. The van der Waals surface area contributed by atoms with E-state index in [1.54, 1.807) is 6.20 Å². The van der Waals surface area contributed by atoms with Crippen LogP contribution < -0.4 is 5.73 Å². The van der Waals surface area contributed by atoms with Gasteiger partial charge in [0.25, 0.3) is 0 Å². The largest absolute Gasteiger partial charge is 0.401 e. The third-order valence-electron chi connectivity index (χ3n) is 3.50. The number of hydrogen-bond donors (Lipinski definition) is 1. The second kappa shape index (κ2) is 6.51. The van der Waals surface area contributed by atoms with Crippen molar-refractivity contribution in [1.82, 2.24) is 14.8 Å². The summed E-state index contributed by atoms with van der Waals surface area (Å²) in [5.41, 5.74) is 6.67. The predicted octanol–water partition coefficient (Wildman–Crippen LogP) is 1.26. The minimum absolute atomic E-state index is 0.0239. The van der Waals surface area contributed by atoms with Crippen molar-refractivity contribution in [3.05, 3.63) is 30.1 Å². The fourth-order valence-corrected chi connectivity index (χ4v) is 2.52. The molecular formula is C13H19F3N4. The summed E-state index contributed by atoms with van der Waals surface area (Å²) in [6, 6.07) is 5.60. The van der Waals surface area contributed by atoms with Gasteiger partial charge < -0.3 is 5.73 Å². The lowest BCUT2D eigenvalue weighted by atomic mass is 10.1. The van der Waals surface area contributed by atoms with E-state index in [1.165, 1.54) is 4.90 Å². The Bertz CT molecular complexity index is 402. The highest BCUT2D eigenvalue weighted by Crippen LogP contribution is 2.21. The van der Waals surface area contributed by atoms with Gasteiger partial charge in [0, 0.05) is 38.9 Å². The van der Waals surface area contributed by atoms with Crippen molar-refractivity contribution in [2.75, 3.05) is 39.3 Å². The molecule has 1 aliphatic rings. The molecular weight excluding hydrogens is 269 g/mol. The van der Waals surface area contributed by atoms with E-state index in [9.17, 15) is 13.2 Å². The number of alkyl halides is 3. The molecule has 0 spiro atoms. The number of aromatic nitrogens is 1. The van der Waals surface area contributed by atoms with E-state index in [4.69, 9.17) is 5.73 Å². The molecule has 2 rings (SSSR count). The first-order chi connectivity index (χ1) is 9.49. The summed E-state index contributed by atoms with van der Waals surface area (Å²) in [6.07, 6.45) is -2.42. The van der Waals surface area contributed by atoms with Crippen LogP contribution in [0.15, 0.2) is 24.4 Å². The summed E-state index contributed by atoms with van der Waals surface area (Å²) in [5.74, 6) is 0. The van der Waals surface area contributed by atoms with Crippen LogP contribution in [0.5, 0.6) is 0 Å². The maximum atomic E-state index is 12.3. The molecule has 0 amide bonds. The summed E-state index contributed by atoms with van der Waals surface area (Å²) < 4.78 is 37.0. The summed E-state index contributed by atoms with van der Waals surface area (Å²) in [4.78, 5) is 7.83. The van der Waals surface area contributed by atoms with Gasteiger partial charge in [0.1, 0.15) is 0 Å². The van der Waals surface area contributed by atoms with Gasteiger partial charge in [0.2, 0.25) is 0 Å². The Kier molecular flexibility index (Phi) is 4.95. The van der Waals surface area contributed by atoms with Gasteiger partial charge >= 0.3 is 6.18 Å². The van der Waals surface area contributed by atoms with Crippen LogP contribution in [0, 0.1) is 0 Å². The average molecular weight is 288 g/mol. The first kappa shape index (κ1) is 15.2. The van der Waals surface area contributed by atoms with Gasteiger partial charge in [-0.3, -0.25) is 14.8 Å². The first-order valence-electron chi connectivity index (χ1n) is 6.64. The number of pyridine rings is 1. The van der Waals surface area contributed by atoms with Gasteiger partial charge in [-0.1, -0.05) is 6.07 Å². The van der Waals surface area contributed by atoms with Crippen molar-refractivity contribution >= 4 is 0 Å². The third-order valence-corrected chi connectivity index (χ3v) is 3.50. The molecule has 1 aliphatic heterocycles. The summed E-state index contributed by atoms with van der Waals surface area (Å²) >= 11 is 0. The van der Waals surface area contributed by atoms with Crippen LogP contribution in [0.2, 0.25) is 0 Å². The Morgan fingerprint density at radius 2 is 1.90 bits per heavy atom. The number of nitrogens with two attached hydrogens (primary N) is 1. The topological polar surface area (TPSA) is 45.4 Å². The van der Waals surface area contributed by atoms with E-state index in [1.807, 2.05) is 18.2 Å². The Balaban J connectivity index is 1.92. The summed E-state index contributed by atoms with van der Waals surface area (Å²) in [7, 11) is 0. The van der Waals surface area contributed by atoms with Crippen molar-refractivity contribution in [1.29, 1.82) is 0 Å². The number of nitrogens with zero attached hydrogens (tertiary/aromatic N) is 3. The maximum absolute atomic E-state index is 12.3. The number of halogens is 3. The number of rotatable bonds is 4. The highest BCUT2D eigenvalue weighted by Gasteiger charge is 2.33. The molecule has 1 unspecified atom stereocenters. The minimum Gasteiger partial charge on any atom is -0.329 e. The Morgan fingerprint density at radius 1 is 1.20 bits per heavy atom. The van der Waals surface area contributed by atoms with E-state index < -0.39 is 12.7 Å². The Hall–Kier alpha value is -1.18. The molecule has 1 saturated heterocycles. The fraction of sp³-hybridized carbons (Fsp3) is 0.615. The highest BCUT2D eigenvalue weighted by molar-refractivity contribution is 5.09. The van der Waals surface area contributed by atoms with Crippen LogP contribution in [0.4, 0.5) is 13.2 Å². The molecule has 0 aromatic carbocycles. The van der Waals surface area contributed by atoms with Crippen molar-refractivity contribution in [2.24, 2.45) is 5.73 Å². The molecule has 1 aromatic heterocycles. The average Bonchev–Trinajstić information content (AvgIpc) is 2.41. The second-order valence-corrected chi connectivity index (χ2v) is 4.93. The zero-order valence-corrected chi connectivity index (χ0v) is 11.2. The molecule has 112 valence electrons. The molecule has 2 heterocycles. The lowest BCUT2D eigenvalue weighted by Crippen LogP contribution is -2.51. The fourth-order valence-electron chi connectivity index (χ4n) is 2.52. The quantitative estimate of drug-likeness (QED) is 0.906. The number of piperazine rings is 1. The molecule has 4 nitrogen and oxygen atoms in total. The van der Waals surface area contributed by atoms with Crippen molar-refractivity contribution in [2.45, 2.75) is 12.2 Å². The molecule has 0 saturated carbocycles. The van der Waals surface area contributed by atoms with Crippen LogP contribution in [-0.2, 0) is 0 Å². The van der Waals surface area contributed by atoms with Gasteiger partial charge in [0.05, 0.1) is 18.3 Å². The van der Waals surface area contributed by atoms with Crippen molar-refractivity contribution < 1.29 is 13.2 Å². The molecule has 1 atom stereocenters. The Labute approximate surface area is 116 Å². The van der Waals surface area contributed by atoms with E-state index in [2.05, 4.69) is 9.88 Å². The zero-order valence-electron chi connectivity index (χ0n) is 11.2. The van der Waals surface area contributed by atoms with Crippen molar-refractivity contribution in [3.63, 3.8) is 0 Å². The van der Waals surface area contributed by atoms with Gasteiger partial charge in [-0.05, 0) is 12.1 Å². The van der Waals surface area contributed by atoms with Crippen LogP contribution >= 0.6 is 0 Å². The molecule has 1 aromatic rings. The van der Waals surface area contributed by atoms with E-state index in [0.717, 1.165) is 5.69 Å². The molecule has 7 heteroatoms. The van der Waals surface area contributed by atoms with E-state index in [-0.39, 0.29) is 6.04 Å². The molecule has 2 N–H and O–H groups in total. The monoisotopic (exact) mass is 288 g/mol. The molecule has 1 fully saturated rings. The number of hydrogen-bond acceptors (Lipinski definition) is 4. The first-order valence-corrected chi connectivity index (χ1v) is 6.64. The minimum atomic E-state index is -4.13. The lowest BCUT2D eigenvalue weighted by Gasteiger charge is -2.38. The highest BCUT2D eigenvalue weighted by atomic mass is 19.4. The second-order valence-electron chi connectivity index (χ2n) is 4.93.